The van der Waals surface area contributed by atoms with Crippen LogP contribution >= 0.6 is 0 Å². The van der Waals surface area contributed by atoms with Crippen molar-refractivity contribution in [1.82, 2.24) is 0 Å². The molecule has 2 nitrogen and oxygen atoms in total. The molecule has 12 rings (SSSR count). The predicted molar refractivity (Wildman–Crippen MR) is 254 cm³/mol. The lowest BCUT2D eigenvalue weighted by atomic mass is 9.67. The molecule has 0 aliphatic heterocycles. The van der Waals surface area contributed by atoms with Crippen molar-refractivity contribution in [3.63, 3.8) is 0 Å². The van der Waals surface area contributed by atoms with Crippen LogP contribution in [-0.4, -0.2) is 0 Å². The van der Waals surface area contributed by atoms with Gasteiger partial charge in [-0.15, -0.1) is 0 Å². The van der Waals surface area contributed by atoms with Crippen LogP contribution in [0.1, 0.15) is 27.7 Å². The van der Waals surface area contributed by atoms with E-state index in [9.17, 15) is 1.37 Å². The van der Waals surface area contributed by atoms with Gasteiger partial charge in [0.05, 0.1) is 22.3 Å². The Bertz CT molecular complexity index is 3640. The van der Waals surface area contributed by atoms with Gasteiger partial charge in [0.25, 0.3) is 0 Å². The van der Waals surface area contributed by atoms with E-state index >= 15 is 0 Å². The summed E-state index contributed by atoms with van der Waals surface area (Å²) < 4.78 is 43.2. The molecule has 0 saturated carbocycles. The zero-order valence-electron chi connectivity index (χ0n) is 37.1. The fourth-order valence-corrected chi connectivity index (χ4v) is 9.77. The molecule has 0 fully saturated rings. The highest BCUT2D eigenvalue weighted by Gasteiger charge is 2.45. The second-order valence-corrected chi connectivity index (χ2v) is 15.7. The smallest absolute Gasteiger partial charge is 0.159 e. The highest BCUT2D eigenvalue weighted by atomic mass is 16.3. The van der Waals surface area contributed by atoms with E-state index < -0.39 is 5.41 Å². The summed E-state index contributed by atoms with van der Waals surface area (Å²) in [7, 11) is 0. The van der Waals surface area contributed by atoms with E-state index in [1.165, 1.54) is 0 Å². The fraction of sp³-hybridized carbons (Fsp3) is 0.0169. The molecule has 286 valence electrons. The molecule has 1 aliphatic carbocycles. The standard InChI is InChI=1S/C59H39NO/c1-3-16-40(17-4-1)41-34-38-46(39-35-41)60(55-30-13-19-42-18-7-8-22-47(42)55)56-31-15-27-52-51-26-14-25-48(57(51)61-58(52)56)43-32-36-45(37-33-43)59(44-20-5-2-6-21-44)53-28-11-9-23-49(53)50-24-10-12-29-54(50)59/h1-39H/i9D,11D,23D,28D. The van der Waals surface area contributed by atoms with Crippen molar-refractivity contribution in [1.29, 1.82) is 0 Å². The molecule has 1 heterocycles. The van der Waals surface area contributed by atoms with Crippen molar-refractivity contribution < 1.29 is 9.90 Å². The number of rotatable bonds is 7. The topological polar surface area (TPSA) is 16.4 Å². The Morgan fingerprint density at radius 2 is 0.951 bits per heavy atom. The molecular weight excluding hydrogens is 739 g/mol. The van der Waals surface area contributed by atoms with Crippen molar-refractivity contribution in [3.8, 4) is 33.4 Å². The van der Waals surface area contributed by atoms with Gasteiger partial charge in [0.15, 0.2) is 5.58 Å². The summed E-state index contributed by atoms with van der Waals surface area (Å²) in [5.74, 6) is 0. The molecule has 1 unspecified atom stereocenters. The summed E-state index contributed by atoms with van der Waals surface area (Å²) >= 11 is 0. The van der Waals surface area contributed by atoms with Crippen LogP contribution in [-0.2, 0) is 5.41 Å². The van der Waals surface area contributed by atoms with Crippen molar-refractivity contribution >= 4 is 49.8 Å². The first-order valence-electron chi connectivity index (χ1n) is 22.7. The third-order valence-corrected chi connectivity index (χ3v) is 12.5. The van der Waals surface area contributed by atoms with E-state index in [1.807, 2.05) is 42.5 Å². The maximum atomic E-state index is 9.40. The van der Waals surface area contributed by atoms with E-state index in [0.29, 0.717) is 11.1 Å². The summed E-state index contributed by atoms with van der Waals surface area (Å²) in [6.07, 6.45) is 0. The normalized spacial score (nSPS) is 15.2. The number of furan rings is 1. The number of fused-ring (bicyclic) bond motifs is 7. The summed E-state index contributed by atoms with van der Waals surface area (Å²) in [5.41, 5.74) is 12.5. The van der Waals surface area contributed by atoms with Gasteiger partial charge in [-0.1, -0.05) is 212 Å². The van der Waals surface area contributed by atoms with Gasteiger partial charge in [-0.25, -0.2) is 0 Å². The molecule has 1 aliphatic rings. The second-order valence-electron chi connectivity index (χ2n) is 15.7. The summed E-state index contributed by atoms with van der Waals surface area (Å²) in [4.78, 5) is 2.31. The molecule has 0 radical (unpaired) electrons. The molecule has 1 aromatic heterocycles. The molecule has 0 amide bonds. The third-order valence-electron chi connectivity index (χ3n) is 12.5. The Morgan fingerprint density at radius 1 is 0.377 bits per heavy atom. The lowest BCUT2D eigenvalue weighted by Crippen LogP contribution is -2.28. The van der Waals surface area contributed by atoms with Crippen molar-refractivity contribution in [2.75, 3.05) is 4.90 Å². The first kappa shape index (κ1) is 31.0. The fourth-order valence-electron chi connectivity index (χ4n) is 9.77. The number of para-hydroxylation sites is 2. The SMILES string of the molecule is [2H]c1c([2H])c([2H])c2c(c1[2H])-c1ccccc1C2(c1ccccc1)c1ccc(-c2cccc3c2oc2c(N(c4ccc(-c5ccccc5)cc4)c4cccc5ccccc45)cccc23)cc1. The van der Waals surface area contributed by atoms with Crippen LogP contribution < -0.4 is 4.90 Å². The van der Waals surface area contributed by atoms with Crippen LogP contribution in [0.2, 0.25) is 0 Å². The van der Waals surface area contributed by atoms with Crippen LogP contribution in [0.3, 0.4) is 0 Å². The van der Waals surface area contributed by atoms with Crippen LogP contribution in [0.25, 0.3) is 66.1 Å². The van der Waals surface area contributed by atoms with Crippen molar-refractivity contribution in [3.05, 3.63) is 259 Å². The zero-order valence-corrected chi connectivity index (χ0v) is 33.1. The number of hydrogen-bond acceptors (Lipinski definition) is 2. The second kappa shape index (κ2) is 14.1. The molecule has 11 aromatic rings. The molecular formula is C59H39NO. The van der Waals surface area contributed by atoms with E-state index in [1.54, 1.807) is 0 Å². The Morgan fingerprint density at radius 3 is 1.79 bits per heavy atom. The summed E-state index contributed by atoms with van der Waals surface area (Å²) in [5, 5.41) is 4.30. The van der Waals surface area contributed by atoms with Gasteiger partial charge in [0, 0.05) is 27.4 Å². The highest BCUT2D eigenvalue weighted by Crippen LogP contribution is 2.56. The maximum Gasteiger partial charge on any atom is 0.159 e. The minimum absolute atomic E-state index is 0.0259. The molecule has 10 aromatic carbocycles. The molecule has 0 bridgehead atoms. The Hall–Kier alpha value is -7.94. The van der Waals surface area contributed by atoms with E-state index in [4.69, 9.17) is 8.53 Å². The highest BCUT2D eigenvalue weighted by molar-refractivity contribution is 6.14. The number of hydrogen-bond donors (Lipinski definition) is 0. The summed E-state index contributed by atoms with van der Waals surface area (Å²) in [6, 6.07) is 72.8. The predicted octanol–water partition coefficient (Wildman–Crippen LogP) is 15.9. The molecule has 1 atom stereocenters. The number of nitrogens with zero attached hydrogens (tertiary/aromatic N) is 1. The number of anilines is 3. The van der Waals surface area contributed by atoms with Crippen LogP contribution in [0.4, 0.5) is 17.1 Å². The largest absolute Gasteiger partial charge is 0.453 e. The van der Waals surface area contributed by atoms with E-state index in [2.05, 4.69) is 175 Å². The van der Waals surface area contributed by atoms with Crippen LogP contribution in [0.5, 0.6) is 0 Å². The lowest BCUT2D eigenvalue weighted by Gasteiger charge is -2.34. The van der Waals surface area contributed by atoms with Gasteiger partial charge in [-0.2, -0.15) is 0 Å². The minimum atomic E-state index is -0.993. The molecule has 0 saturated heterocycles. The van der Waals surface area contributed by atoms with Gasteiger partial charge < -0.3 is 9.32 Å². The quantitative estimate of drug-likeness (QED) is 0.160. The first-order chi connectivity index (χ1) is 31.9. The van der Waals surface area contributed by atoms with Crippen molar-refractivity contribution in [2.45, 2.75) is 5.41 Å². The van der Waals surface area contributed by atoms with Gasteiger partial charge in [0.2, 0.25) is 0 Å². The van der Waals surface area contributed by atoms with Gasteiger partial charge >= 0.3 is 0 Å². The first-order valence-corrected chi connectivity index (χ1v) is 20.7. The van der Waals surface area contributed by atoms with E-state index in [0.717, 1.165) is 94.3 Å². The minimum Gasteiger partial charge on any atom is -0.453 e. The van der Waals surface area contributed by atoms with Gasteiger partial charge in [-0.3, -0.25) is 0 Å². The van der Waals surface area contributed by atoms with Gasteiger partial charge in [-0.05, 0) is 79.7 Å². The van der Waals surface area contributed by atoms with Crippen molar-refractivity contribution in [2.24, 2.45) is 0 Å². The lowest BCUT2D eigenvalue weighted by molar-refractivity contribution is 0.670. The van der Waals surface area contributed by atoms with Crippen LogP contribution in [0.15, 0.2) is 241 Å². The van der Waals surface area contributed by atoms with E-state index in [-0.39, 0.29) is 24.2 Å². The Balaban J connectivity index is 1.03. The Kier molecular flexibility index (Phi) is 7.18. The Labute approximate surface area is 360 Å². The van der Waals surface area contributed by atoms with Gasteiger partial charge in [0.1, 0.15) is 5.58 Å². The summed E-state index contributed by atoms with van der Waals surface area (Å²) in [6.45, 7) is 0. The third kappa shape index (κ3) is 5.43. The average molecular weight is 782 g/mol. The monoisotopic (exact) mass is 781 g/mol. The molecule has 0 N–H and O–H groups in total. The molecule has 2 heteroatoms. The zero-order chi connectivity index (χ0) is 43.8. The van der Waals surface area contributed by atoms with Crippen LogP contribution in [0, 0.1) is 0 Å². The molecule has 61 heavy (non-hydrogen) atoms. The maximum absolute atomic E-state index is 9.40. The number of benzene rings is 10. The average Bonchev–Trinajstić information content (AvgIpc) is 3.91. The molecule has 0 spiro atoms.